The zero-order valence-electron chi connectivity index (χ0n) is 14.9. The molecule has 0 saturated carbocycles. The van der Waals surface area contributed by atoms with Crippen molar-refractivity contribution in [2.45, 2.75) is 18.6 Å². The Hall–Kier alpha value is -3.36. The lowest BCUT2D eigenvalue weighted by Gasteiger charge is -2.21. The summed E-state index contributed by atoms with van der Waals surface area (Å²) in [5.74, 6) is -0.0607. The molecule has 2 aromatic carbocycles. The molecule has 6 nitrogen and oxygen atoms in total. The lowest BCUT2D eigenvalue weighted by Crippen LogP contribution is -2.40. The van der Waals surface area contributed by atoms with Gasteiger partial charge in [-0.25, -0.2) is 4.79 Å². The number of hydrogen-bond donors (Lipinski definition) is 1. The van der Waals surface area contributed by atoms with E-state index >= 15 is 0 Å². The minimum absolute atomic E-state index is 0.105. The Kier molecular flexibility index (Phi) is 4.84. The van der Waals surface area contributed by atoms with Gasteiger partial charge in [0.15, 0.2) is 0 Å². The van der Waals surface area contributed by atoms with Crippen LogP contribution in [0.3, 0.4) is 0 Å². The fourth-order valence-electron chi connectivity index (χ4n) is 2.77. The number of carbonyl (C=O) groups is 2. The van der Waals surface area contributed by atoms with Crippen LogP contribution in [0.15, 0.2) is 53.6 Å². The highest BCUT2D eigenvalue weighted by atomic mass is 19.4. The first-order valence-corrected chi connectivity index (χ1v) is 8.17. The quantitative estimate of drug-likeness (QED) is 0.641. The summed E-state index contributed by atoms with van der Waals surface area (Å²) in [5.41, 5.74) is -1.58. The van der Waals surface area contributed by atoms with E-state index in [1.54, 1.807) is 24.3 Å². The van der Waals surface area contributed by atoms with Crippen LogP contribution in [0.1, 0.15) is 23.6 Å². The predicted octanol–water partition coefficient (Wildman–Crippen LogP) is 3.52. The predicted molar refractivity (Wildman–Crippen MR) is 94.8 cm³/mol. The molecule has 0 radical (unpaired) electrons. The molecular formula is C19H16F3N3O3. The average Bonchev–Trinajstić information content (AvgIpc) is 2.89. The van der Waals surface area contributed by atoms with Gasteiger partial charge in [-0.15, -0.1) is 5.01 Å². The molecule has 3 amide bonds. The van der Waals surface area contributed by atoms with Crippen molar-refractivity contribution in [3.05, 3.63) is 65.2 Å². The number of hydrazone groups is 1. The summed E-state index contributed by atoms with van der Waals surface area (Å²) in [5, 5.41) is 6.95. The molecule has 0 unspecified atom stereocenters. The molecule has 1 N–H and O–H groups in total. The van der Waals surface area contributed by atoms with Crippen molar-refractivity contribution >= 4 is 18.2 Å². The van der Waals surface area contributed by atoms with Crippen LogP contribution >= 0.6 is 0 Å². The SMILES string of the molecule is COc1ccc([C@]2(C)NC(=O)N(/N=C\c3cccc(C(F)(F)F)c3)C2=O)cc1. The molecular weight excluding hydrogens is 375 g/mol. The maximum atomic E-state index is 12.8. The molecule has 1 heterocycles. The lowest BCUT2D eigenvalue weighted by atomic mass is 9.92. The van der Waals surface area contributed by atoms with E-state index < -0.39 is 29.2 Å². The second kappa shape index (κ2) is 6.99. The highest BCUT2D eigenvalue weighted by Gasteiger charge is 2.49. The number of rotatable bonds is 4. The van der Waals surface area contributed by atoms with Crippen molar-refractivity contribution in [1.29, 1.82) is 0 Å². The standard InChI is InChI=1S/C19H16F3N3O3/c1-18(13-6-8-15(28-2)9-7-13)16(26)25(17(27)24-18)23-11-12-4-3-5-14(10-12)19(20,21)22/h3-11H,1-2H3,(H,24,27)/b23-11-/t18-/m0/s1. The summed E-state index contributed by atoms with van der Waals surface area (Å²) in [4.78, 5) is 25.0. The number of imide groups is 1. The van der Waals surface area contributed by atoms with Crippen LogP contribution < -0.4 is 10.1 Å². The van der Waals surface area contributed by atoms with Crippen LogP contribution in [-0.2, 0) is 16.5 Å². The number of halogens is 3. The molecule has 0 bridgehead atoms. The van der Waals surface area contributed by atoms with E-state index in [2.05, 4.69) is 10.4 Å². The number of methoxy groups -OCH3 is 1. The number of urea groups is 1. The Labute approximate surface area is 158 Å². The minimum atomic E-state index is -4.50. The zero-order valence-corrected chi connectivity index (χ0v) is 14.9. The van der Waals surface area contributed by atoms with Crippen molar-refractivity contribution in [1.82, 2.24) is 10.3 Å². The maximum Gasteiger partial charge on any atom is 0.416 e. The number of amides is 3. The maximum absolute atomic E-state index is 12.8. The third kappa shape index (κ3) is 3.55. The van der Waals surface area contributed by atoms with Gasteiger partial charge in [-0.3, -0.25) is 4.79 Å². The Morgan fingerprint density at radius 3 is 2.43 bits per heavy atom. The topological polar surface area (TPSA) is 71.0 Å². The number of hydrogen-bond acceptors (Lipinski definition) is 4. The highest BCUT2D eigenvalue weighted by molar-refractivity contribution is 6.07. The second-order valence-electron chi connectivity index (χ2n) is 6.27. The smallest absolute Gasteiger partial charge is 0.416 e. The van der Waals surface area contributed by atoms with E-state index in [0.717, 1.165) is 18.3 Å². The number of nitrogens with one attached hydrogen (secondary N) is 1. The number of nitrogens with zero attached hydrogens (tertiary/aromatic N) is 2. The molecule has 1 fully saturated rings. The molecule has 0 aliphatic carbocycles. The molecule has 9 heteroatoms. The Bertz CT molecular complexity index is 941. The first-order valence-electron chi connectivity index (χ1n) is 8.17. The molecule has 0 aromatic heterocycles. The van der Waals surface area contributed by atoms with E-state index in [1.165, 1.54) is 26.2 Å². The van der Waals surface area contributed by atoms with Gasteiger partial charge < -0.3 is 10.1 Å². The molecule has 28 heavy (non-hydrogen) atoms. The van der Waals surface area contributed by atoms with E-state index in [-0.39, 0.29) is 5.56 Å². The van der Waals surface area contributed by atoms with Crippen LogP contribution in [0.4, 0.5) is 18.0 Å². The number of ether oxygens (including phenoxy) is 1. The second-order valence-corrected chi connectivity index (χ2v) is 6.27. The van der Waals surface area contributed by atoms with Gasteiger partial charge in [0.25, 0.3) is 5.91 Å². The van der Waals surface area contributed by atoms with E-state index in [9.17, 15) is 22.8 Å². The van der Waals surface area contributed by atoms with Crippen LogP contribution in [-0.4, -0.2) is 30.3 Å². The van der Waals surface area contributed by atoms with Crippen molar-refractivity contribution < 1.29 is 27.5 Å². The molecule has 2 aromatic rings. The Balaban J connectivity index is 1.85. The molecule has 1 saturated heterocycles. The van der Waals surface area contributed by atoms with Crippen molar-refractivity contribution in [2.75, 3.05) is 7.11 Å². The summed E-state index contributed by atoms with van der Waals surface area (Å²) in [6.45, 7) is 1.52. The molecule has 1 aliphatic rings. The van der Waals surface area contributed by atoms with Gasteiger partial charge in [-0.1, -0.05) is 24.3 Å². The minimum Gasteiger partial charge on any atom is -0.497 e. The Morgan fingerprint density at radius 2 is 1.82 bits per heavy atom. The van der Waals surface area contributed by atoms with Gasteiger partial charge >= 0.3 is 12.2 Å². The number of benzene rings is 2. The third-order valence-corrected chi connectivity index (χ3v) is 4.37. The molecule has 146 valence electrons. The van der Waals surface area contributed by atoms with Crippen molar-refractivity contribution in [3.63, 3.8) is 0 Å². The fraction of sp³-hybridized carbons (Fsp3) is 0.211. The van der Waals surface area contributed by atoms with Gasteiger partial charge in [0.05, 0.1) is 18.9 Å². The summed E-state index contributed by atoms with van der Waals surface area (Å²) < 4.78 is 43.5. The van der Waals surface area contributed by atoms with Gasteiger partial charge in [-0.2, -0.15) is 18.3 Å². The number of alkyl halides is 3. The van der Waals surface area contributed by atoms with E-state index in [1.807, 2.05) is 0 Å². The van der Waals surface area contributed by atoms with Crippen LogP contribution in [0.2, 0.25) is 0 Å². The summed E-state index contributed by atoms with van der Waals surface area (Å²) in [7, 11) is 1.50. The summed E-state index contributed by atoms with van der Waals surface area (Å²) >= 11 is 0. The van der Waals surface area contributed by atoms with E-state index in [4.69, 9.17) is 4.74 Å². The third-order valence-electron chi connectivity index (χ3n) is 4.37. The van der Waals surface area contributed by atoms with Gasteiger partial charge in [0.2, 0.25) is 0 Å². The molecule has 3 rings (SSSR count). The van der Waals surface area contributed by atoms with Crippen LogP contribution in [0.5, 0.6) is 5.75 Å². The average molecular weight is 391 g/mol. The normalized spacial score (nSPS) is 20.0. The monoisotopic (exact) mass is 391 g/mol. The Morgan fingerprint density at radius 1 is 1.14 bits per heavy atom. The highest BCUT2D eigenvalue weighted by Crippen LogP contribution is 2.31. The van der Waals surface area contributed by atoms with Crippen LogP contribution in [0.25, 0.3) is 0 Å². The first kappa shape index (κ1) is 19.4. The number of carbonyl (C=O) groups excluding carboxylic acids is 2. The van der Waals surface area contributed by atoms with Crippen molar-refractivity contribution in [2.24, 2.45) is 5.10 Å². The first-order chi connectivity index (χ1) is 13.1. The fourth-order valence-corrected chi connectivity index (χ4v) is 2.77. The largest absolute Gasteiger partial charge is 0.497 e. The zero-order chi connectivity index (χ0) is 20.5. The lowest BCUT2D eigenvalue weighted by molar-refractivity contribution is -0.137. The van der Waals surface area contributed by atoms with Gasteiger partial charge in [-0.05, 0) is 42.3 Å². The molecule has 0 spiro atoms. The van der Waals surface area contributed by atoms with Gasteiger partial charge in [0, 0.05) is 0 Å². The van der Waals surface area contributed by atoms with Crippen LogP contribution in [0, 0.1) is 0 Å². The molecule has 1 aliphatic heterocycles. The molecule has 1 atom stereocenters. The summed E-state index contributed by atoms with van der Waals surface area (Å²) in [6.07, 6.45) is -3.47. The van der Waals surface area contributed by atoms with Crippen molar-refractivity contribution in [3.8, 4) is 5.75 Å². The van der Waals surface area contributed by atoms with Gasteiger partial charge in [0.1, 0.15) is 11.3 Å². The summed E-state index contributed by atoms with van der Waals surface area (Å²) in [6, 6.07) is 10.2. The van der Waals surface area contributed by atoms with E-state index in [0.29, 0.717) is 16.3 Å².